The molecule has 0 saturated heterocycles. The Morgan fingerprint density at radius 3 is 2.61 bits per heavy atom. The van der Waals surface area contributed by atoms with Crippen molar-refractivity contribution >= 4 is 28.9 Å². The molecule has 3 aromatic rings. The maximum absolute atomic E-state index is 12.1. The van der Waals surface area contributed by atoms with Crippen molar-refractivity contribution in [3.8, 4) is 17.6 Å². The second-order valence-corrected chi connectivity index (χ2v) is 7.84. The summed E-state index contributed by atoms with van der Waals surface area (Å²) in [5.74, 6) is 7.30. The highest BCUT2D eigenvalue weighted by Gasteiger charge is 2.21. The zero-order valence-electron chi connectivity index (χ0n) is 18.3. The number of rotatable bonds is 3. The predicted octanol–water partition coefficient (Wildman–Crippen LogP) is 5.07. The molecule has 6 heteroatoms. The summed E-state index contributed by atoms with van der Waals surface area (Å²) in [6, 6.07) is 13.2. The van der Waals surface area contributed by atoms with Gasteiger partial charge in [0.15, 0.2) is 0 Å². The molecule has 2 aromatic heterocycles. The molecule has 1 aromatic carbocycles. The number of benzene rings is 1. The van der Waals surface area contributed by atoms with Crippen molar-refractivity contribution in [1.82, 2.24) is 9.97 Å². The number of hydrogen-bond acceptors (Lipinski definition) is 5. The Morgan fingerprint density at radius 2 is 1.94 bits per heavy atom. The highest BCUT2D eigenvalue weighted by atomic mass is 16.6. The molecule has 31 heavy (non-hydrogen) atoms. The van der Waals surface area contributed by atoms with Crippen LogP contribution in [0.25, 0.3) is 17.0 Å². The van der Waals surface area contributed by atoms with Crippen LogP contribution in [0.4, 0.5) is 10.6 Å². The number of nitrogens with zero attached hydrogens (tertiary/aromatic N) is 3. The Labute approximate surface area is 182 Å². The number of hydrogen-bond donors (Lipinski definition) is 0. The third-order valence-corrected chi connectivity index (χ3v) is 4.23. The van der Waals surface area contributed by atoms with Gasteiger partial charge in [0.05, 0.1) is 18.3 Å². The lowest BCUT2D eigenvalue weighted by atomic mass is 10.2. The maximum Gasteiger partial charge on any atom is 0.415 e. The molecule has 0 aliphatic carbocycles. The summed E-state index contributed by atoms with van der Waals surface area (Å²) >= 11 is 0. The van der Waals surface area contributed by atoms with Gasteiger partial charge >= 0.3 is 6.09 Å². The minimum absolute atomic E-state index is 0.455. The first kappa shape index (κ1) is 21.8. The molecule has 0 radical (unpaired) electrons. The van der Waals surface area contributed by atoms with Gasteiger partial charge in [0.2, 0.25) is 0 Å². The van der Waals surface area contributed by atoms with Gasteiger partial charge in [0.1, 0.15) is 17.2 Å². The Balaban J connectivity index is 1.65. The highest BCUT2D eigenvalue weighted by molar-refractivity contribution is 5.86. The molecule has 158 valence electrons. The molecule has 0 aliphatic heterocycles. The van der Waals surface area contributed by atoms with Crippen molar-refractivity contribution < 1.29 is 14.3 Å². The first-order valence-corrected chi connectivity index (χ1v) is 9.81. The number of ether oxygens (including phenoxy) is 2. The van der Waals surface area contributed by atoms with E-state index in [1.54, 1.807) is 32.5 Å². The number of pyridine rings is 2. The third-order valence-electron chi connectivity index (χ3n) is 4.23. The van der Waals surface area contributed by atoms with Gasteiger partial charge < -0.3 is 9.47 Å². The van der Waals surface area contributed by atoms with Gasteiger partial charge in [-0.3, -0.25) is 4.90 Å². The van der Waals surface area contributed by atoms with Crippen LogP contribution in [0, 0.1) is 11.8 Å². The molecular formula is C25H25N3O3. The fourth-order valence-corrected chi connectivity index (χ4v) is 2.67. The molecule has 0 N–H and O–H groups in total. The van der Waals surface area contributed by atoms with Gasteiger partial charge in [-0.1, -0.05) is 17.9 Å². The van der Waals surface area contributed by atoms with E-state index in [2.05, 4.69) is 21.8 Å². The molecule has 0 fully saturated rings. The van der Waals surface area contributed by atoms with Crippen LogP contribution >= 0.6 is 0 Å². The number of amides is 1. The van der Waals surface area contributed by atoms with Crippen molar-refractivity contribution in [3.05, 3.63) is 66.0 Å². The van der Waals surface area contributed by atoms with Gasteiger partial charge in [-0.2, -0.15) is 0 Å². The lowest BCUT2D eigenvalue weighted by molar-refractivity contribution is 0.0588. The van der Waals surface area contributed by atoms with Crippen molar-refractivity contribution in [2.24, 2.45) is 0 Å². The van der Waals surface area contributed by atoms with Crippen LogP contribution in [0.3, 0.4) is 0 Å². The number of aromatic nitrogens is 2. The summed E-state index contributed by atoms with van der Waals surface area (Å²) in [6.07, 6.45) is 4.77. The summed E-state index contributed by atoms with van der Waals surface area (Å²) in [5.41, 5.74) is 1.89. The number of methoxy groups -OCH3 is 1. The predicted molar refractivity (Wildman–Crippen MR) is 123 cm³/mol. The lowest BCUT2D eigenvalue weighted by Crippen LogP contribution is -2.34. The van der Waals surface area contributed by atoms with E-state index in [9.17, 15) is 4.79 Å². The maximum atomic E-state index is 12.1. The number of carbonyl (C=O) groups excluding carboxylic acids is 1. The number of carbonyl (C=O) groups is 1. The van der Waals surface area contributed by atoms with Gasteiger partial charge in [0, 0.05) is 24.2 Å². The van der Waals surface area contributed by atoms with Crippen LogP contribution in [-0.2, 0) is 4.74 Å². The van der Waals surface area contributed by atoms with Crippen LogP contribution in [0.1, 0.15) is 32.0 Å². The quantitative estimate of drug-likeness (QED) is 0.559. The SMILES string of the molecule is COc1ccc2nc(C=CC#Cc3ccc(N(C)C(=O)OC(C)(C)C)nc3)ccc2c1. The molecule has 1 amide bonds. The molecule has 0 spiro atoms. The van der Waals surface area contributed by atoms with E-state index in [0.29, 0.717) is 5.82 Å². The summed E-state index contributed by atoms with van der Waals surface area (Å²) in [4.78, 5) is 22.4. The van der Waals surface area contributed by atoms with E-state index in [0.717, 1.165) is 27.9 Å². The molecule has 0 bridgehead atoms. The van der Waals surface area contributed by atoms with Gasteiger partial charge in [-0.15, -0.1) is 0 Å². The average Bonchev–Trinajstić information content (AvgIpc) is 2.75. The monoisotopic (exact) mass is 415 g/mol. The van der Waals surface area contributed by atoms with Crippen LogP contribution < -0.4 is 9.64 Å². The molecule has 6 nitrogen and oxygen atoms in total. The van der Waals surface area contributed by atoms with Crippen molar-refractivity contribution in [3.63, 3.8) is 0 Å². The van der Waals surface area contributed by atoms with Crippen molar-refractivity contribution in [2.75, 3.05) is 19.1 Å². The van der Waals surface area contributed by atoms with E-state index < -0.39 is 11.7 Å². The van der Waals surface area contributed by atoms with Crippen LogP contribution in [0.15, 0.2) is 54.7 Å². The smallest absolute Gasteiger partial charge is 0.415 e. The second kappa shape index (κ2) is 9.31. The molecule has 3 rings (SSSR count). The van der Waals surface area contributed by atoms with Crippen LogP contribution in [-0.4, -0.2) is 35.8 Å². The van der Waals surface area contributed by atoms with Gasteiger partial charge in [-0.25, -0.2) is 14.8 Å². The average molecular weight is 415 g/mol. The largest absolute Gasteiger partial charge is 0.497 e. The Hall–Kier alpha value is -3.85. The summed E-state index contributed by atoms with van der Waals surface area (Å²) in [6.45, 7) is 5.47. The fraction of sp³-hybridized carbons (Fsp3) is 0.240. The minimum atomic E-state index is -0.560. The van der Waals surface area contributed by atoms with E-state index in [4.69, 9.17) is 9.47 Å². The number of fused-ring (bicyclic) bond motifs is 1. The lowest BCUT2D eigenvalue weighted by Gasteiger charge is -2.24. The normalized spacial score (nSPS) is 11.1. The minimum Gasteiger partial charge on any atom is -0.497 e. The van der Waals surface area contributed by atoms with E-state index in [1.807, 2.05) is 63.2 Å². The third kappa shape index (κ3) is 6.06. The molecule has 2 heterocycles. The standard InChI is InChI=1S/C25H25N3O3/c1-25(2,3)31-24(29)28(4)23-15-10-18(17-26-23)8-6-7-9-20-12-11-19-16-21(30-5)13-14-22(19)27-20/h7,9-17H,1-5H3. The Kier molecular flexibility index (Phi) is 6.56. The zero-order chi connectivity index (χ0) is 22.4. The summed E-state index contributed by atoms with van der Waals surface area (Å²) in [7, 11) is 3.27. The first-order valence-electron chi connectivity index (χ1n) is 9.81. The van der Waals surface area contributed by atoms with Crippen molar-refractivity contribution in [2.45, 2.75) is 26.4 Å². The number of allylic oxidation sites excluding steroid dienone is 1. The molecule has 0 aliphatic rings. The topological polar surface area (TPSA) is 64.5 Å². The molecule has 0 atom stereocenters. The highest BCUT2D eigenvalue weighted by Crippen LogP contribution is 2.20. The van der Waals surface area contributed by atoms with Gasteiger partial charge in [0.25, 0.3) is 0 Å². The van der Waals surface area contributed by atoms with Crippen LogP contribution in [0.5, 0.6) is 5.75 Å². The van der Waals surface area contributed by atoms with Gasteiger partial charge in [-0.05, 0) is 69.3 Å². The van der Waals surface area contributed by atoms with E-state index >= 15 is 0 Å². The number of anilines is 1. The van der Waals surface area contributed by atoms with E-state index in [-0.39, 0.29) is 0 Å². The molecule has 0 saturated carbocycles. The summed E-state index contributed by atoms with van der Waals surface area (Å²) in [5, 5.41) is 1.02. The zero-order valence-corrected chi connectivity index (χ0v) is 18.3. The van der Waals surface area contributed by atoms with E-state index in [1.165, 1.54) is 4.90 Å². The second-order valence-electron chi connectivity index (χ2n) is 7.84. The Bertz CT molecular complexity index is 1170. The molecule has 0 unspecified atom stereocenters. The summed E-state index contributed by atoms with van der Waals surface area (Å²) < 4.78 is 10.6. The van der Waals surface area contributed by atoms with Crippen molar-refractivity contribution in [1.29, 1.82) is 0 Å². The molecular weight excluding hydrogens is 390 g/mol. The first-order chi connectivity index (χ1) is 14.7. The fourth-order valence-electron chi connectivity index (χ4n) is 2.67. The van der Waals surface area contributed by atoms with Crippen LogP contribution in [0.2, 0.25) is 0 Å². The Morgan fingerprint density at radius 1 is 1.13 bits per heavy atom.